The van der Waals surface area contributed by atoms with E-state index in [1.165, 1.54) is 12.1 Å². The highest BCUT2D eigenvalue weighted by Gasteiger charge is 2.04. The van der Waals surface area contributed by atoms with Crippen molar-refractivity contribution in [3.8, 4) is 6.07 Å². The second-order valence-electron chi connectivity index (χ2n) is 3.25. The van der Waals surface area contributed by atoms with Gasteiger partial charge in [-0.2, -0.15) is 5.26 Å². The summed E-state index contributed by atoms with van der Waals surface area (Å²) in [5, 5.41) is 11.7. The number of benzene rings is 1. The summed E-state index contributed by atoms with van der Waals surface area (Å²) in [6, 6.07) is 6.53. The molecule has 0 aliphatic carbocycles. The number of nitriles is 1. The summed E-state index contributed by atoms with van der Waals surface area (Å²) in [4.78, 5) is 0. The summed E-state index contributed by atoms with van der Waals surface area (Å²) in [6.45, 7) is 3.73. The first-order chi connectivity index (χ1) is 6.65. The van der Waals surface area contributed by atoms with Gasteiger partial charge in [0.15, 0.2) is 0 Å². The Morgan fingerprint density at radius 3 is 2.71 bits per heavy atom. The molecule has 0 heterocycles. The SMILES string of the molecule is CCC(C#N)Nc1cc(C)cc(F)c1. The molecule has 0 bridgehead atoms. The van der Waals surface area contributed by atoms with E-state index >= 15 is 0 Å². The molecule has 0 aliphatic rings. The summed E-state index contributed by atoms with van der Waals surface area (Å²) >= 11 is 0. The molecule has 1 N–H and O–H groups in total. The quantitative estimate of drug-likeness (QED) is 0.799. The Morgan fingerprint density at radius 2 is 2.21 bits per heavy atom. The Bertz CT molecular complexity index is 335. The lowest BCUT2D eigenvalue weighted by molar-refractivity contribution is 0.626. The zero-order chi connectivity index (χ0) is 10.6. The number of nitrogens with zero attached hydrogens (tertiary/aromatic N) is 1. The number of halogens is 1. The van der Waals surface area contributed by atoms with Crippen molar-refractivity contribution in [1.82, 2.24) is 0 Å². The highest BCUT2D eigenvalue weighted by molar-refractivity contribution is 5.47. The summed E-state index contributed by atoms with van der Waals surface area (Å²) in [6.07, 6.45) is 0.700. The molecule has 2 nitrogen and oxygen atoms in total. The molecular formula is C11H13FN2. The molecule has 0 radical (unpaired) electrons. The highest BCUT2D eigenvalue weighted by Crippen LogP contribution is 2.14. The van der Waals surface area contributed by atoms with Crippen molar-refractivity contribution in [2.75, 3.05) is 5.32 Å². The lowest BCUT2D eigenvalue weighted by Gasteiger charge is -2.11. The molecule has 0 saturated carbocycles. The first-order valence-corrected chi connectivity index (χ1v) is 4.59. The lowest BCUT2D eigenvalue weighted by atomic mass is 10.2. The van der Waals surface area contributed by atoms with Crippen molar-refractivity contribution in [1.29, 1.82) is 5.26 Å². The van der Waals surface area contributed by atoms with Gasteiger partial charge in [0.25, 0.3) is 0 Å². The van der Waals surface area contributed by atoms with E-state index in [1.807, 2.05) is 19.9 Å². The van der Waals surface area contributed by atoms with Gasteiger partial charge in [-0.3, -0.25) is 0 Å². The van der Waals surface area contributed by atoms with Crippen LogP contribution in [0.4, 0.5) is 10.1 Å². The molecule has 0 amide bonds. The molecule has 1 rings (SSSR count). The molecule has 0 fully saturated rings. The summed E-state index contributed by atoms with van der Waals surface area (Å²) < 4.78 is 13.0. The zero-order valence-electron chi connectivity index (χ0n) is 8.34. The fraction of sp³-hybridized carbons (Fsp3) is 0.364. The van der Waals surface area contributed by atoms with Crippen LogP contribution in [0.3, 0.4) is 0 Å². The van der Waals surface area contributed by atoms with Crippen LogP contribution in [-0.2, 0) is 0 Å². The Labute approximate surface area is 83.4 Å². The van der Waals surface area contributed by atoms with E-state index in [4.69, 9.17) is 5.26 Å². The maximum absolute atomic E-state index is 13.0. The number of rotatable bonds is 3. The van der Waals surface area contributed by atoms with Gasteiger partial charge in [-0.1, -0.05) is 6.92 Å². The third kappa shape index (κ3) is 2.74. The van der Waals surface area contributed by atoms with E-state index in [-0.39, 0.29) is 11.9 Å². The van der Waals surface area contributed by atoms with Crippen LogP contribution in [0.25, 0.3) is 0 Å². The topological polar surface area (TPSA) is 35.8 Å². The molecule has 1 atom stereocenters. The van der Waals surface area contributed by atoms with Crippen molar-refractivity contribution in [2.45, 2.75) is 26.3 Å². The predicted molar refractivity (Wildman–Crippen MR) is 54.5 cm³/mol. The molecule has 1 aromatic rings. The van der Waals surface area contributed by atoms with Gasteiger partial charge in [0.2, 0.25) is 0 Å². The number of hydrogen-bond donors (Lipinski definition) is 1. The summed E-state index contributed by atoms with van der Waals surface area (Å²) in [5.74, 6) is -0.278. The normalized spacial score (nSPS) is 11.9. The van der Waals surface area contributed by atoms with Crippen molar-refractivity contribution in [2.24, 2.45) is 0 Å². The van der Waals surface area contributed by atoms with Crippen LogP contribution >= 0.6 is 0 Å². The van der Waals surface area contributed by atoms with Gasteiger partial charge in [0.05, 0.1) is 6.07 Å². The van der Waals surface area contributed by atoms with E-state index in [2.05, 4.69) is 11.4 Å². The highest BCUT2D eigenvalue weighted by atomic mass is 19.1. The molecule has 3 heteroatoms. The van der Waals surface area contributed by atoms with Gasteiger partial charge in [0.1, 0.15) is 11.9 Å². The van der Waals surface area contributed by atoms with Crippen molar-refractivity contribution in [3.63, 3.8) is 0 Å². The molecule has 0 saturated heterocycles. The van der Waals surface area contributed by atoms with Gasteiger partial charge in [-0.15, -0.1) is 0 Å². The van der Waals surface area contributed by atoms with Crippen molar-refractivity contribution >= 4 is 5.69 Å². The molecule has 14 heavy (non-hydrogen) atoms. The lowest BCUT2D eigenvalue weighted by Crippen LogP contribution is -2.15. The second-order valence-corrected chi connectivity index (χ2v) is 3.25. The second kappa shape index (κ2) is 4.61. The van der Waals surface area contributed by atoms with Crippen LogP contribution in [0, 0.1) is 24.1 Å². The monoisotopic (exact) mass is 192 g/mol. The van der Waals surface area contributed by atoms with E-state index in [0.717, 1.165) is 5.56 Å². The van der Waals surface area contributed by atoms with Gasteiger partial charge in [-0.25, -0.2) is 4.39 Å². The third-order valence-corrected chi connectivity index (χ3v) is 1.95. The third-order valence-electron chi connectivity index (χ3n) is 1.95. The van der Waals surface area contributed by atoms with Crippen LogP contribution in [0.5, 0.6) is 0 Å². The van der Waals surface area contributed by atoms with Crippen LogP contribution in [-0.4, -0.2) is 6.04 Å². The minimum atomic E-state index is -0.278. The van der Waals surface area contributed by atoms with Crippen molar-refractivity contribution < 1.29 is 4.39 Å². The first kappa shape index (κ1) is 10.5. The Morgan fingerprint density at radius 1 is 1.50 bits per heavy atom. The molecule has 0 spiro atoms. The molecule has 1 unspecified atom stereocenters. The maximum atomic E-state index is 13.0. The van der Waals surface area contributed by atoms with Gasteiger partial charge in [-0.05, 0) is 37.1 Å². The van der Waals surface area contributed by atoms with Crippen molar-refractivity contribution in [3.05, 3.63) is 29.6 Å². The average molecular weight is 192 g/mol. The van der Waals surface area contributed by atoms with E-state index in [1.54, 1.807) is 0 Å². The minimum absolute atomic E-state index is 0.254. The largest absolute Gasteiger partial charge is 0.370 e. The average Bonchev–Trinajstić information content (AvgIpc) is 2.12. The number of aryl methyl sites for hydroxylation is 1. The zero-order valence-corrected chi connectivity index (χ0v) is 8.34. The molecule has 1 aromatic carbocycles. The fourth-order valence-electron chi connectivity index (χ4n) is 1.25. The van der Waals surface area contributed by atoms with E-state index in [0.29, 0.717) is 12.1 Å². The van der Waals surface area contributed by atoms with Crippen LogP contribution in [0.2, 0.25) is 0 Å². The van der Waals surface area contributed by atoms with Crippen LogP contribution in [0.15, 0.2) is 18.2 Å². The number of hydrogen-bond acceptors (Lipinski definition) is 2. The predicted octanol–water partition coefficient (Wildman–Crippen LogP) is 2.85. The standard InChI is InChI=1S/C11H13FN2/c1-3-10(7-13)14-11-5-8(2)4-9(12)6-11/h4-6,10,14H,3H2,1-2H3. The maximum Gasteiger partial charge on any atom is 0.125 e. The van der Waals surface area contributed by atoms with Gasteiger partial charge < -0.3 is 5.32 Å². The smallest absolute Gasteiger partial charge is 0.125 e. The van der Waals surface area contributed by atoms with Crippen LogP contribution in [0.1, 0.15) is 18.9 Å². The minimum Gasteiger partial charge on any atom is -0.370 e. The number of nitrogens with one attached hydrogen (secondary N) is 1. The van der Waals surface area contributed by atoms with Gasteiger partial charge in [0, 0.05) is 5.69 Å². The van der Waals surface area contributed by atoms with Gasteiger partial charge >= 0.3 is 0 Å². The molecular weight excluding hydrogens is 179 g/mol. The van der Waals surface area contributed by atoms with Crippen LogP contribution < -0.4 is 5.32 Å². The number of anilines is 1. The first-order valence-electron chi connectivity index (χ1n) is 4.59. The Kier molecular flexibility index (Phi) is 3.47. The Hall–Kier alpha value is -1.56. The molecule has 0 aromatic heterocycles. The Balaban J connectivity index is 2.82. The summed E-state index contributed by atoms with van der Waals surface area (Å²) in [5.41, 5.74) is 1.51. The molecule has 0 aliphatic heterocycles. The summed E-state index contributed by atoms with van der Waals surface area (Å²) in [7, 11) is 0. The van der Waals surface area contributed by atoms with E-state index in [9.17, 15) is 4.39 Å². The molecule has 74 valence electrons. The fourth-order valence-corrected chi connectivity index (χ4v) is 1.25. The van der Waals surface area contributed by atoms with E-state index < -0.39 is 0 Å².